The third kappa shape index (κ3) is 8.28. The largest absolute Gasteiger partial charge is 0.508 e. The molecule has 5 amide bonds. The van der Waals surface area contributed by atoms with Gasteiger partial charge in [0.25, 0.3) is 5.91 Å². The number of benzene rings is 4. The number of urea groups is 1. The van der Waals surface area contributed by atoms with Gasteiger partial charge in [0.2, 0.25) is 11.8 Å². The van der Waals surface area contributed by atoms with E-state index in [1.807, 2.05) is 89.4 Å². The van der Waals surface area contributed by atoms with Crippen molar-refractivity contribution < 1.29 is 29.0 Å². The van der Waals surface area contributed by atoms with E-state index in [-0.39, 0.29) is 62.6 Å². The summed E-state index contributed by atoms with van der Waals surface area (Å²) in [5, 5.41) is 19.1. The van der Waals surface area contributed by atoms with E-state index in [9.17, 15) is 24.3 Å². The Morgan fingerprint density at radius 2 is 1.66 bits per heavy atom. The third-order valence-electron chi connectivity index (χ3n) is 11.2. The number of carbonyl (C=O) groups excluding carboxylic acids is 4. The first-order valence-electron chi connectivity index (χ1n) is 19.8. The van der Waals surface area contributed by atoms with Gasteiger partial charge in [-0.15, -0.1) is 6.58 Å². The van der Waals surface area contributed by atoms with E-state index in [0.717, 1.165) is 38.7 Å². The van der Waals surface area contributed by atoms with E-state index in [4.69, 9.17) is 4.74 Å². The Balaban J connectivity index is 1.10. The van der Waals surface area contributed by atoms with E-state index in [0.29, 0.717) is 31.9 Å². The molecule has 5 aromatic rings. The number of aromatic hydroxyl groups is 1. The number of para-hydroxylation sites is 1. The van der Waals surface area contributed by atoms with Crippen molar-refractivity contribution in [2.75, 3.05) is 45.9 Å². The summed E-state index contributed by atoms with van der Waals surface area (Å²) in [6.45, 7) is 7.03. The molecule has 3 fully saturated rings. The molecule has 3 N–H and O–H groups in total. The first kappa shape index (κ1) is 39.4. The van der Waals surface area contributed by atoms with E-state index in [1.165, 1.54) is 0 Å². The molecule has 3 saturated heterocycles. The Labute approximate surface area is 342 Å². The maximum atomic E-state index is 14.7. The molecule has 0 unspecified atom stereocenters. The molecule has 0 aliphatic carbocycles. The van der Waals surface area contributed by atoms with Crippen molar-refractivity contribution in [2.24, 2.45) is 7.05 Å². The number of ether oxygens (including phenoxy) is 1. The molecule has 8 rings (SSSR count). The van der Waals surface area contributed by atoms with E-state index in [1.54, 1.807) is 50.2 Å². The van der Waals surface area contributed by atoms with Gasteiger partial charge >= 0.3 is 6.03 Å². The standard InChI is InChI=1S/C45H48N8O6/c1-3-20-51-30-41(55)52-39(25-31-12-18-36(54)19-13-31)44(57)49(29-40(52)53(51)45(58)46-26-32-8-5-4-6-9-32)27-35-10-7-11-37-38(28-48(2)42(35)37)33-14-16-34(17-15-33)43(56)47-50-21-23-59-24-22-50/h3-19,28,39-40,54H,1,20-27,29-30H2,2H3,(H,46,58)(H,47,56)/t39-,40-/m0/s1. The lowest BCUT2D eigenvalue weighted by Gasteiger charge is -2.55. The van der Waals surface area contributed by atoms with Gasteiger partial charge < -0.3 is 29.5 Å². The smallest absolute Gasteiger partial charge is 0.334 e. The first-order chi connectivity index (χ1) is 28.7. The van der Waals surface area contributed by atoms with Gasteiger partial charge in [-0.3, -0.25) is 19.8 Å². The average Bonchev–Trinajstić information content (AvgIpc) is 3.59. The van der Waals surface area contributed by atoms with Gasteiger partial charge in [0, 0.05) is 68.9 Å². The summed E-state index contributed by atoms with van der Waals surface area (Å²) in [6, 6.07) is 28.4. The number of piperazine rings is 1. The summed E-state index contributed by atoms with van der Waals surface area (Å²) in [5.74, 6) is -0.577. The van der Waals surface area contributed by atoms with Crippen LogP contribution in [-0.2, 0) is 40.9 Å². The number of nitrogens with one attached hydrogen (secondary N) is 2. The van der Waals surface area contributed by atoms with Gasteiger partial charge in [0.15, 0.2) is 0 Å². The molecule has 0 radical (unpaired) electrons. The Bertz CT molecular complexity index is 2340. The molecular formula is C45H48N8O6. The zero-order valence-corrected chi connectivity index (χ0v) is 33.0. The van der Waals surface area contributed by atoms with Gasteiger partial charge in [-0.05, 0) is 46.5 Å². The van der Waals surface area contributed by atoms with Crippen molar-refractivity contribution in [3.05, 3.63) is 138 Å². The summed E-state index contributed by atoms with van der Waals surface area (Å²) >= 11 is 0. The molecular weight excluding hydrogens is 749 g/mol. The van der Waals surface area contributed by atoms with E-state index < -0.39 is 18.2 Å². The average molecular weight is 797 g/mol. The number of hydrogen-bond donors (Lipinski definition) is 3. The fraction of sp³-hybridized carbons (Fsp3) is 0.289. The fourth-order valence-corrected chi connectivity index (χ4v) is 8.35. The van der Waals surface area contributed by atoms with Crippen LogP contribution >= 0.6 is 0 Å². The monoisotopic (exact) mass is 796 g/mol. The second kappa shape index (κ2) is 17.2. The van der Waals surface area contributed by atoms with Crippen molar-refractivity contribution >= 4 is 34.7 Å². The van der Waals surface area contributed by atoms with Gasteiger partial charge in [0.1, 0.15) is 18.0 Å². The number of aromatic nitrogens is 1. The summed E-state index contributed by atoms with van der Waals surface area (Å²) in [4.78, 5) is 59.3. The first-order valence-corrected chi connectivity index (χ1v) is 19.8. The topological polar surface area (TPSA) is 143 Å². The molecule has 4 aromatic carbocycles. The van der Waals surface area contributed by atoms with Gasteiger partial charge in [-0.2, -0.15) is 0 Å². The highest BCUT2D eigenvalue weighted by Crippen LogP contribution is 2.35. The normalized spacial score (nSPS) is 18.8. The van der Waals surface area contributed by atoms with E-state index in [2.05, 4.69) is 23.5 Å². The molecule has 0 bridgehead atoms. The number of morpholine rings is 1. The Morgan fingerprint density at radius 1 is 0.915 bits per heavy atom. The van der Waals surface area contributed by atoms with Crippen LogP contribution in [0.15, 0.2) is 116 Å². The minimum Gasteiger partial charge on any atom is -0.508 e. The summed E-state index contributed by atoms with van der Waals surface area (Å²) in [6.07, 6.45) is 3.09. The number of amides is 5. The molecule has 304 valence electrons. The molecule has 3 aliphatic rings. The predicted molar refractivity (Wildman–Crippen MR) is 222 cm³/mol. The number of rotatable bonds is 11. The highest BCUT2D eigenvalue weighted by molar-refractivity contribution is 5.99. The molecule has 14 heteroatoms. The predicted octanol–water partition coefficient (Wildman–Crippen LogP) is 4.26. The minimum atomic E-state index is -0.914. The molecule has 2 atom stereocenters. The minimum absolute atomic E-state index is 0.0741. The maximum absolute atomic E-state index is 14.7. The van der Waals surface area contributed by atoms with Crippen LogP contribution in [0.4, 0.5) is 4.79 Å². The van der Waals surface area contributed by atoms with Crippen LogP contribution < -0.4 is 10.7 Å². The number of aryl methyl sites for hydroxylation is 1. The van der Waals surface area contributed by atoms with Crippen molar-refractivity contribution in [3.8, 4) is 16.9 Å². The van der Waals surface area contributed by atoms with Crippen LogP contribution in [0.25, 0.3) is 22.0 Å². The fourth-order valence-electron chi connectivity index (χ4n) is 8.35. The molecule has 59 heavy (non-hydrogen) atoms. The second-order valence-corrected chi connectivity index (χ2v) is 15.1. The van der Waals surface area contributed by atoms with Crippen molar-refractivity contribution in [1.82, 2.24) is 40.1 Å². The lowest BCUT2D eigenvalue weighted by molar-refractivity contribution is -0.189. The van der Waals surface area contributed by atoms with E-state index >= 15 is 0 Å². The summed E-state index contributed by atoms with van der Waals surface area (Å²) in [7, 11) is 1.97. The number of phenolic OH excluding ortho intramolecular Hbond substituents is 1. The molecule has 14 nitrogen and oxygen atoms in total. The van der Waals surface area contributed by atoms with Gasteiger partial charge in [0.05, 0.1) is 31.8 Å². The number of hydrogen-bond acceptors (Lipinski definition) is 8. The summed E-state index contributed by atoms with van der Waals surface area (Å²) in [5.41, 5.74) is 8.95. The molecule has 0 spiro atoms. The Hall–Kier alpha value is -6.48. The van der Waals surface area contributed by atoms with Crippen molar-refractivity contribution in [2.45, 2.75) is 31.7 Å². The van der Waals surface area contributed by atoms with Crippen LogP contribution in [0, 0.1) is 0 Å². The third-order valence-corrected chi connectivity index (χ3v) is 11.2. The number of fused-ring (bicyclic) bond motifs is 2. The SMILES string of the molecule is C=CCN1CC(=O)N2[C@@H](Cc3ccc(O)cc3)C(=O)N(Cc3cccc4c(-c5ccc(C(=O)NN6CCOCC6)cc5)cn(C)c34)C[C@@H]2N1C(=O)NCc1ccccc1. The molecule has 4 heterocycles. The maximum Gasteiger partial charge on any atom is 0.334 e. The van der Waals surface area contributed by atoms with Crippen LogP contribution in [0.3, 0.4) is 0 Å². The van der Waals surface area contributed by atoms with Gasteiger partial charge in [-0.1, -0.05) is 78.9 Å². The Kier molecular flexibility index (Phi) is 11.4. The zero-order chi connectivity index (χ0) is 41.0. The highest BCUT2D eigenvalue weighted by atomic mass is 16.5. The molecule has 0 saturated carbocycles. The lowest BCUT2D eigenvalue weighted by atomic mass is 9.97. The number of carbonyl (C=O) groups is 4. The van der Waals surface area contributed by atoms with Crippen LogP contribution in [-0.4, -0.2) is 116 Å². The van der Waals surface area contributed by atoms with Crippen LogP contribution in [0.1, 0.15) is 27.0 Å². The van der Waals surface area contributed by atoms with Crippen molar-refractivity contribution in [1.29, 1.82) is 0 Å². The molecule has 3 aliphatic heterocycles. The highest BCUT2D eigenvalue weighted by Gasteiger charge is 2.51. The Morgan fingerprint density at radius 3 is 2.39 bits per heavy atom. The number of phenols is 1. The number of nitrogens with zero attached hydrogens (tertiary/aromatic N) is 6. The quantitative estimate of drug-likeness (QED) is 0.169. The number of hydrazine groups is 2. The van der Waals surface area contributed by atoms with Crippen LogP contribution in [0.5, 0.6) is 5.75 Å². The summed E-state index contributed by atoms with van der Waals surface area (Å²) < 4.78 is 7.44. The lowest BCUT2D eigenvalue weighted by Crippen LogP contribution is -2.76. The second-order valence-electron chi connectivity index (χ2n) is 15.1. The zero-order valence-electron chi connectivity index (χ0n) is 33.0. The van der Waals surface area contributed by atoms with Crippen molar-refractivity contribution in [3.63, 3.8) is 0 Å². The van der Waals surface area contributed by atoms with Gasteiger partial charge in [-0.25, -0.2) is 19.8 Å². The molecule has 1 aromatic heterocycles. The van der Waals surface area contributed by atoms with Crippen LogP contribution in [0.2, 0.25) is 0 Å².